The Morgan fingerprint density at radius 3 is 2.88 bits per heavy atom. The maximum atomic E-state index is 13.1. The van der Waals surface area contributed by atoms with Gasteiger partial charge in [0, 0.05) is 25.1 Å². The number of hydrogen-bond acceptors (Lipinski definition) is 4. The van der Waals surface area contributed by atoms with Gasteiger partial charge in [-0.05, 0) is 43.1 Å². The first kappa shape index (κ1) is 18.0. The third kappa shape index (κ3) is 5.11. The van der Waals surface area contributed by atoms with Crippen LogP contribution in [-0.2, 0) is 13.0 Å². The topological polar surface area (TPSA) is 55.6 Å². The molecule has 3 aromatic rings. The third-order valence-electron chi connectivity index (χ3n) is 3.45. The lowest BCUT2D eigenvalue weighted by Gasteiger charge is -2.06. The molecule has 1 N–H and O–H groups in total. The molecule has 0 aliphatic carbocycles. The van der Waals surface area contributed by atoms with Crippen LogP contribution >= 0.6 is 12.4 Å². The van der Waals surface area contributed by atoms with Gasteiger partial charge < -0.3 is 5.32 Å². The van der Waals surface area contributed by atoms with Gasteiger partial charge in [0.05, 0.1) is 5.69 Å². The lowest BCUT2D eigenvalue weighted by Crippen LogP contribution is -2.17. The minimum atomic E-state index is -0.177. The summed E-state index contributed by atoms with van der Waals surface area (Å²) in [6, 6.07) is 8.64. The van der Waals surface area contributed by atoms with Gasteiger partial charge in [-0.25, -0.2) is 19.3 Å². The van der Waals surface area contributed by atoms with Gasteiger partial charge in [0.2, 0.25) is 5.95 Å². The van der Waals surface area contributed by atoms with E-state index in [9.17, 15) is 4.39 Å². The van der Waals surface area contributed by atoms with Gasteiger partial charge in [0.25, 0.3) is 0 Å². The number of halogens is 2. The van der Waals surface area contributed by atoms with Crippen molar-refractivity contribution < 1.29 is 4.39 Å². The van der Waals surface area contributed by atoms with Gasteiger partial charge in [-0.1, -0.05) is 12.1 Å². The Balaban J connectivity index is 0.00000208. The van der Waals surface area contributed by atoms with Gasteiger partial charge in [0.1, 0.15) is 12.1 Å². The Bertz CT molecular complexity index is 748. The largest absolute Gasteiger partial charge is 0.311 e. The molecule has 126 valence electrons. The lowest BCUT2D eigenvalue weighted by atomic mass is 10.1. The number of aryl methyl sites for hydroxylation is 1. The van der Waals surface area contributed by atoms with E-state index < -0.39 is 0 Å². The SMILES string of the molecule is Cl.Fc1cccc(CCCNCc2ccnc(-n3ccnc3)n2)c1. The first-order valence-corrected chi connectivity index (χ1v) is 7.57. The van der Waals surface area contributed by atoms with Gasteiger partial charge >= 0.3 is 0 Å². The van der Waals surface area contributed by atoms with E-state index in [1.165, 1.54) is 6.07 Å². The standard InChI is InChI=1S/C17H18FN5.ClH/c18-15-5-1-3-14(11-15)4-2-7-19-12-16-6-8-21-17(22-16)23-10-9-20-13-23;/h1,3,5-6,8-11,13,19H,2,4,7,12H2;1H. The molecule has 24 heavy (non-hydrogen) atoms. The van der Waals surface area contributed by atoms with Crippen LogP contribution in [0.25, 0.3) is 5.95 Å². The van der Waals surface area contributed by atoms with Crippen molar-refractivity contribution in [2.45, 2.75) is 19.4 Å². The van der Waals surface area contributed by atoms with Crippen molar-refractivity contribution in [3.05, 3.63) is 72.3 Å². The van der Waals surface area contributed by atoms with Crippen molar-refractivity contribution >= 4 is 12.4 Å². The molecule has 0 bridgehead atoms. The summed E-state index contributed by atoms with van der Waals surface area (Å²) < 4.78 is 14.9. The Hall–Kier alpha value is -2.31. The van der Waals surface area contributed by atoms with Crippen LogP contribution in [0, 0.1) is 5.82 Å². The molecule has 0 saturated carbocycles. The van der Waals surface area contributed by atoms with E-state index in [2.05, 4.69) is 20.3 Å². The van der Waals surface area contributed by atoms with Crippen LogP contribution in [0.5, 0.6) is 0 Å². The van der Waals surface area contributed by atoms with E-state index in [4.69, 9.17) is 0 Å². The monoisotopic (exact) mass is 347 g/mol. The molecule has 3 rings (SSSR count). The summed E-state index contributed by atoms with van der Waals surface area (Å²) in [7, 11) is 0. The number of nitrogens with one attached hydrogen (secondary N) is 1. The smallest absolute Gasteiger partial charge is 0.235 e. The normalized spacial score (nSPS) is 10.4. The van der Waals surface area contributed by atoms with E-state index in [1.807, 2.05) is 18.3 Å². The molecule has 0 amide bonds. The lowest BCUT2D eigenvalue weighted by molar-refractivity contribution is 0.618. The zero-order valence-corrected chi connectivity index (χ0v) is 13.9. The summed E-state index contributed by atoms with van der Waals surface area (Å²) in [6.07, 6.45) is 8.72. The predicted molar refractivity (Wildman–Crippen MR) is 92.8 cm³/mol. The predicted octanol–water partition coefficient (Wildman–Crippen LogP) is 2.95. The Labute approximate surface area is 146 Å². The molecule has 0 unspecified atom stereocenters. The second kappa shape index (κ2) is 9.10. The average Bonchev–Trinajstić information content (AvgIpc) is 3.09. The van der Waals surface area contributed by atoms with Crippen LogP contribution in [0.15, 0.2) is 55.2 Å². The third-order valence-corrected chi connectivity index (χ3v) is 3.45. The molecule has 0 aliphatic heterocycles. The molecule has 0 radical (unpaired) electrons. The van der Waals surface area contributed by atoms with Gasteiger partial charge in [-0.3, -0.25) is 4.57 Å². The molecule has 0 atom stereocenters. The van der Waals surface area contributed by atoms with Crippen molar-refractivity contribution in [3.63, 3.8) is 0 Å². The summed E-state index contributed by atoms with van der Waals surface area (Å²) in [4.78, 5) is 12.7. The molecule has 2 heterocycles. The molecule has 0 aliphatic rings. The van der Waals surface area contributed by atoms with E-state index in [0.29, 0.717) is 12.5 Å². The fourth-order valence-corrected chi connectivity index (χ4v) is 2.31. The van der Waals surface area contributed by atoms with Crippen molar-refractivity contribution in [2.75, 3.05) is 6.54 Å². The van der Waals surface area contributed by atoms with E-state index in [-0.39, 0.29) is 18.2 Å². The summed E-state index contributed by atoms with van der Waals surface area (Å²) in [5.41, 5.74) is 1.95. The fourth-order valence-electron chi connectivity index (χ4n) is 2.31. The second-order valence-electron chi connectivity index (χ2n) is 5.23. The Kier molecular flexibility index (Phi) is 6.84. The highest BCUT2D eigenvalue weighted by Crippen LogP contribution is 2.06. The maximum Gasteiger partial charge on any atom is 0.235 e. The summed E-state index contributed by atoms with van der Waals surface area (Å²) in [6.45, 7) is 1.52. The molecule has 0 fully saturated rings. The highest BCUT2D eigenvalue weighted by atomic mass is 35.5. The first-order valence-electron chi connectivity index (χ1n) is 7.57. The van der Waals surface area contributed by atoms with Crippen LogP contribution in [0.3, 0.4) is 0 Å². The van der Waals surface area contributed by atoms with Crippen molar-refractivity contribution in [1.82, 2.24) is 24.8 Å². The summed E-state index contributed by atoms with van der Waals surface area (Å²) in [5, 5.41) is 3.35. The fraction of sp³-hybridized carbons (Fsp3) is 0.235. The van der Waals surface area contributed by atoms with Gasteiger partial charge in [-0.2, -0.15) is 0 Å². The first-order chi connectivity index (χ1) is 11.3. The highest BCUT2D eigenvalue weighted by Gasteiger charge is 2.01. The number of imidazole rings is 1. The van der Waals surface area contributed by atoms with Gasteiger partial charge in [0.15, 0.2) is 0 Å². The van der Waals surface area contributed by atoms with Crippen molar-refractivity contribution in [3.8, 4) is 5.95 Å². The molecule has 0 spiro atoms. The minimum Gasteiger partial charge on any atom is -0.311 e. The molecule has 1 aromatic carbocycles. The van der Waals surface area contributed by atoms with E-state index in [0.717, 1.165) is 30.6 Å². The maximum absolute atomic E-state index is 13.1. The molecule has 2 aromatic heterocycles. The number of rotatable bonds is 7. The Morgan fingerprint density at radius 2 is 2.08 bits per heavy atom. The van der Waals surface area contributed by atoms with Crippen LogP contribution in [0.2, 0.25) is 0 Å². The van der Waals surface area contributed by atoms with Crippen molar-refractivity contribution in [2.24, 2.45) is 0 Å². The quantitative estimate of drug-likeness (QED) is 0.668. The number of benzene rings is 1. The zero-order valence-electron chi connectivity index (χ0n) is 13.1. The average molecular weight is 348 g/mol. The molecular formula is C17H19ClFN5. The van der Waals surface area contributed by atoms with E-state index >= 15 is 0 Å². The summed E-state index contributed by atoms with van der Waals surface area (Å²) in [5.74, 6) is 0.435. The van der Waals surface area contributed by atoms with Crippen LogP contribution in [-0.4, -0.2) is 26.1 Å². The van der Waals surface area contributed by atoms with Crippen LogP contribution < -0.4 is 5.32 Å². The van der Waals surface area contributed by atoms with Crippen LogP contribution in [0.1, 0.15) is 17.7 Å². The number of nitrogens with zero attached hydrogens (tertiary/aromatic N) is 4. The van der Waals surface area contributed by atoms with Gasteiger partial charge in [-0.15, -0.1) is 12.4 Å². The number of hydrogen-bond donors (Lipinski definition) is 1. The van der Waals surface area contributed by atoms with Crippen LogP contribution in [0.4, 0.5) is 4.39 Å². The summed E-state index contributed by atoms with van der Waals surface area (Å²) >= 11 is 0. The second-order valence-corrected chi connectivity index (χ2v) is 5.23. The molecule has 5 nitrogen and oxygen atoms in total. The Morgan fingerprint density at radius 1 is 1.17 bits per heavy atom. The zero-order chi connectivity index (χ0) is 15.9. The molecular weight excluding hydrogens is 329 g/mol. The van der Waals surface area contributed by atoms with E-state index in [1.54, 1.807) is 35.4 Å². The molecule has 0 saturated heterocycles. The highest BCUT2D eigenvalue weighted by molar-refractivity contribution is 5.85. The molecule has 7 heteroatoms. The minimum absolute atomic E-state index is 0. The number of aromatic nitrogens is 4. The van der Waals surface area contributed by atoms with Crippen molar-refractivity contribution in [1.29, 1.82) is 0 Å².